The predicted molar refractivity (Wildman–Crippen MR) is 147 cm³/mol. The van der Waals surface area contributed by atoms with Gasteiger partial charge in [0.2, 0.25) is 0 Å². The Hall–Kier alpha value is 0.981. The molecule has 0 amide bonds. The smallest absolute Gasteiger partial charge is 0.456 e. The highest BCUT2D eigenvalue weighted by Crippen LogP contribution is 2.32. The molecule has 0 heterocycles. The zero-order valence-corrected chi connectivity index (χ0v) is 28.7. The van der Waals surface area contributed by atoms with Crippen molar-refractivity contribution in [1.82, 2.24) is 0 Å². The molecule has 0 rings (SSSR count). The SMILES string of the molecule is CO[Si](C[Si](C)(C)O[Si](C)(C)C[Si](C)(C)O[Si](C)(C)C[Si](C)(C)C)(OC)OC.O.O.O. The topological polar surface area (TPSA) is 141 Å². The minimum atomic E-state index is -2.63. The van der Waals surface area contributed by atoms with Gasteiger partial charge in [-0.15, -0.1) is 0 Å². The van der Waals surface area contributed by atoms with Crippen LogP contribution in [-0.4, -0.2) is 87.9 Å². The standard InChI is InChI=1S/C17H48O5Si6.3H2O/c1-18-28(19-2,20-3)17-27(13,14)22-26(11,12)16-25(9,10)21-24(7,8)15-23(4,5)6;;;/h15-17H2,1-14H3;3*1H2. The van der Waals surface area contributed by atoms with Crippen LogP contribution in [-0.2, 0) is 21.5 Å². The molecular weight excluding hydrogens is 501 g/mol. The van der Waals surface area contributed by atoms with Crippen LogP contribution in [0, 0.1) is 0 Å². The highest BCUT2D eigenvalue weighted by molar-refractivity contribution is 7.00. The van der Waals surface area contributed by atoms with Crippen LogP contribution in [0.4, 0.5) is 0 Å². The highest BCUT2D eigenvalue weighted by atomic mass is 28.5. The summed E-state index contributed by atoms with van der Waals surface area (Å²) in [5.74, 6) is 0. The first kappa shape index (κ1) is 39.2. The Morgan fingerprint density at radius 1 is 0.419 bits per heavy atom. The maximum absolute atomic E-state index is 6.93. The van der Waals surface area contributed by atoms with Crippen molar-refractivity contribution < 1.29 is 37.9 Å². The van der Waals surface area contributed by atoms with Gasteiger partial charge in [0.25, 0.3) is 0 Å². The second-order valence-electron chi connectivity index (χ2n) is 11.6. The average molecular weight is 555 g/mol. The van der Waals surface area contributed by atoms with Gasteiger partial charge in [0.15, 0.2) is 33.3 Å². The molecule has 194 valence electrons. The molecule has 0 aliphatic rings. The molecule has 0 saturated carbocycles. The maximum atomic E-state index is 6.93. The maximum Gasteiger partial charge on any atom is 0.499 e. The normalized spacial score (nSPS) is 13.7. The van der Waals surface area contributed by atoms with Crippen LogP contribution in [0.2, 0.25) is 89.0 Å². The lowest BCUT2D eigenvalue weighted by Crippen LogP contribution is -2.57. The second-order valence-corrected chi connectivity index (χ2v) is 39.3. The lowest BCUT2D eigenvalue weighted by Gasteiger charge is -2.42. The third kappa shape index (κ3) is 16.3. The molecule has 0 aliphatic heterocycles. The molecule has 0 aromatic heterocycles. The summed E-state index contributed by atoms with van der Waals surface area (Å²) in [5.41, 5.74) is 3.22. The van der Waals surface area contributed by atoms with Crippen molar-refractivity contribution >= 4 is 50.1 Å². The minimum absolute atomic E-state index is 0. The van der Waals surface area contributed by atoms with Crippen molar-refractivity contribution in [2.45, 2.75) is 89.0 Å². The van der Waals surface area contributed by atoms with Crippen molar-refractivity contribution in [2.75, 3.05) is 21.3 Å². The van der Waals surface area contributed by atoms with Gasteiger partial charge < -0.3 is 37.9 Å². The molecule has 0 saturated heterocycles. The summed E-state index contributed by atoms with van der Waals surface area (Å²) in [6.45, 7) is 26.2. The number of hydrogen-bond donors (Lipinski definition) is 0. The second kappa shape index (κ2) is 13.8. The first-order chi connectivity index (χ1) is 12.2. The molecule has 0 unspecified atom stereocenters. The van der Waals surface area contributed by atoms with Crippen LogP contribution in [0.1, 0.15) is 0 Å². The van der Waals surface area contributed by atoms with Gasteiger partial charge in [0.1, 0.15) is 0 Å². The summed E-state index contributed by atoms with van der Waals surface area (Å²) in [6, 6.07) is 0. The van der Waals surface area contributed by atoms with Crippen LogP contribution in [0.3, 0.4) is 0 Å². The molecule has 0 aliphatic carbocycles. The molecule has 31 heavy (non-hydrogen) atoms. The molecule has 14 heteroatoms. The molecule has 8 nitrogen and oxygen atoms in total. The van der Waals surface area contributed by atoms with Gasteiger partial charge in [0.05, 0.1) is 0 Å². The fourth-order valence-electron chi connectivity index (χ4n) is 4.93. The number of hydrogen-bond acceptors (Lipinski definition) is 5. The van der Waals surface area contributed by atoms with Crippen molar-refractivity contribution in [3.8, 4) is 0 Å². The van der Waals surface area contributed by atoms with Crippen molar-refractivity contribution in [3.63, 3.8) is 0 Å². The van der Waals surface area contributed by atoms with Gasteiger partial charge in [-0.1, -0.05) is 19.6 Å². The molecule has 0 fully saturated rings. The van der Waals surface area contributed by atoms with E-state index in [9.17, 15) is 0 Å². The first-order valence-electron chi connectivity index (χ1n) is 10.3. The zero-order chi connectivity index (χ0) is 22.7. The lowest BCUT2D eigenvalue weighted by atomic mass is 11.7. The van der Waals surface area contributed by atoms with Crippen LogP contribution in [0.5, 0.6) is 0 Å². The molecule has 0 atom stereocenters. The zero-order valence-electron chi connectivity index (χ0n) is 22.7. The summed E-state index contributed by atoms with van der Waals surface area (Å²) < 4.78 is 30.8. The van der Waals surface area contributed by atoms with Crippen LogP contribution in [0.25, 0.3) is 0 Å². The molecular formula is C17H54O8Si6. The van der Waals surface area contributed by atoms with Gasteiger partial charge in [-0.3, -0.25) is 0 Å². The molecule has 0 radical (unpaired) electrons. The van der Waals surface area contributed by atoms with Crippen LogP contribution in [0.15, 0.2) is 0 Å². The fraction of sp³-hybridized carbons (Fsp3) is 1.00. The predicted octanol–water partition coefficient (Wildman–Crippen LogP) is 3.20. The van der Waals surface area contributed by atoms with Gasteiger partial charge in [-0.2, -0.15) is 0 Å². The van der Waals surface area contributed by atoms with Crippen molar-refractivity contribution in [2.24, 2.45) is 0 Å². The van der Waals surface area contributed by atoms with Crippen LogP contribution < -0.4 is 0 Å². The Morgan fingerprint density at radius 2 is 0.677 bits per heavy atom. The lowest BCUT2D eigenvalue weighted by molar-refractivity contribution is 0.127. The van der Waals surface area contributed by atoms with E-state index in [-0.39, 0.29) is 16.4 Å². The third-order valence-corrected chi connectivity index (χ3v) is 34.8. The van der Waals surface area contributed by atoms with E-state index in [0.717, 1.165) is 11.3 Å². The first-order valence-corrected chi connectivity index (χ1v) is 28.4. The highest BCUT2D eigenvalue weighted by Gasteiger charge is 2.49. The molecule has 0 aromatic carbocycles. The van der Waals surface area contributed by atoms with Crippen molar-refractivity contribution in [1.29, 1.82) is 0 Å². The minimum Gasteiger partial charge on any atom is -0.456 e. The molecule has 0 spiro atoms. The summed E-state index contributed by atoms with van der Waals surface area (Å²) >= 11 is 0. The molecule has 6 N–H and O–H groups in total. The van der Waals surface area contributed by atoms with E-state index in [1.165, 1.54) is 5.67 Å². The van der Waals surface area contributed by atoms with Gasteiger partial charge in [0, 0.05) is 35.1 Å². The monoisotopic (exact) mass is 554 g/mol. The largest absolute Gasteiger partial charge is 0.499 e. The average Bonchev–Trinajstić information content (AvgIpc) is 2.37. The molecule has 0 aromatic rings. The Bertz CT molecular complexity index is 485. The summed E-state index contributed by atoms with van der Waals surface area (Å²) in [5, 5.41) is 0. The quantitative estimate of drug-likeness (QED) is 0.321. The van der Waals surface area contributed by atoms with Gasteiger partial charge >= 0.3 is 8.80 Å². The van der Waals surface area contributed by atoms with Gasteiger partial charge in [-0.25, -0.2) is 0 Å². The fourth-order valence-corrected chi connectivity index (χ4v) is 45.5. The van der Waals surface area contributed by atoms with E-state index in [2.05, 4.69) is 72.0 Å². The van der Waals surface area contributed by atoms with E-state index in [1.807, 2.05) is 0 Å². The Kier molecular flexibility index (Phi) is 17.4. The summed E-state index contributed by atoms with van der Waals surface area (Å²) in [4.78, 5) is 0. The summed E-state index contributed by atoms with van der Waals surface area (Å²) in [7, 11) is -6.02. The van der Waals surface area contributed by atoms with Crippen molar-refractivity contribution in [3.05, 3.63) is 0 Å². The van der Waals surface area contributed by atoms with E-state index in [4.69, 9.17) is 21.5 Å². The van der Waals surface area contributed by atoms with Crippen LogP contribution >= 0.6 is 0 Å². The Morgan fingerprint density at radius 3 is 0.935 bits per heavy atom. The van der Waals surface area contributed by atoms with Gasteiger partial charge in [-0.05, 0) is 63.7 Å². The van der Waals surface area contributed by atoms with E-state index < -0.39 is 50.1 Å². The third-order valence-electron chi connectivity index (χ3n) is 4.49. The number of rotatable bonds is 13. The van der Waals surface area contributed by atoms with E-state index in [1.54, 1.807) is 21.3 Å². The Labute approximate surface area is 198 Å². The Balaban J connectivity index is -0.00000121. The summed E-state index contributed by atoms with van der Waals surface area (Å²) in [6.07, 6.45) is 0. The van der Waals surface area contributed by atoms with E-state index in [0.29, 0.717) is 0 Å². The van der Waals surface area contributed by atoms with E-state index >= 15 is 0 Å². The molecule has 0 bridgehead atoms.